The number of nitrogens with zero attached hydrogens (tertiary/aromatic N) is 3. The summed E-state index contributed by atoms with van der Waals surface area (Å²) in [4.78, 5) is 16.1. The summed E-state index contributed by atoms with van der Waals surface area (Å²) in [5.74, 6) is -0.239. The van der Waals surface area contributed by atoms with Crippen molar-refractivity contribution in [3.63, 3.8) is 0 Å². The standard InChI is InChI=1S/C13H16FN5O/c1-3-5-15-12-10(7-9(14)8-16-12)13(20)17-11-4-6-19(2)18-11/h4,6-8H,3,5H2,1-2H3,(H,15,16)(H,17,18,20). The van der Waals surface area contributed by atoms with Crippen LogP contribution in [-0.4, -0.2) is 27.2 Å². The van der Waals surface area contributed by atoms with Crippen molar-refractivity contribution in [3.8, 4) is 0 Å². The molecule has 106 valence electrons. The van der Waals surface area contributed by atoms with Gasteiger partial charge < -0.3 is 10.6 Å². The lowest BCUT2D eigenvalue weighted by molar-refractivity contribution is 0.102. The molecule has 0 spiro atoms. The summed E-state index contributed by atoms with van der Waals surface area (Å²) in [5, 5.41) is 9.64. The fourth-order valence-electron chi connectivity index (χ4n) is 1.66. The van der Waals surface area contributed by atoms with E-state index in [1.54, 1.807) is 24.0 Å². The first-order valence-corrected chi connectivity index (χ1v) is 6.30. The van der Waals surface area contributed by atoms with Gasteiger partial charge in [0.05, 0.1) is 11.8 Å². The van der Waals surface area contributed by atoms with E-state index in [0.29, 0.717) is 18.2 Å². The van der Waals surface area contributed by atoms with Crippen LogP contribution in [0.2, 0.25) is 0 Å². The van der Waals surface area contributed by atoms with E-state index in [-0.39, 0.29) is 5.56 Å². The van der Waals surface area contributed by atoms with Crippen LogP contribution < -0.4 is 10.6 Å². The number of pyridine rings is 1. The largest absolute Gasteiger partial charge is 0.369 e. The van der Waals surface area contributed by atoms with Crippen LogP contribution in [0.15, 0.2) is 24.5 Å². The molecule has 2 N–H and O–H groups in total. The van der Waals surface area contributed by atoms with Gasteiger partial charge in [-0.05, 0) is 12.5 Å². The number of hydrogen-bond acceptors (Lipinski definition) is 4. The van der Waals surface area contributed by atoms with Crippen molar-refractivity contribution >= 4 is 17.5 Å². The lowest BCUT2D eigenvalue weighted by Crippen LogP contribution is -2.17. The normalized spacial score (nSPS) is 10.3. The molecule has 20 heavy (non-hydrogen) atoms. The molecule has 2 rings (SSSR count). The highest BCUT2D eigenvalue weighted by atomic mass is 19.1. The smallest absolute Gasteiger partial charge is 0.260 e. The number of anilines is 2. The Morgan fingerprint density at radius 3 is 2.95 bits per heavy atom. The average molecular weight is 277 g/mol. The molecular weight excluding hydrogens is 261 g/mol. The topological polar surface area (TPSA) is 71.8 Å². The third-order valence-electron chi connectivity index (χ3n) is 2.60. The van der Waals surface area contributed by atoms with Crippen molar-refractivity contribution in [1.29, 1.82) is 0 Å². The number of carbonyl (C=O) groups is 1. The molecule has 2 heterocycles. The minimum absolute atomic E-state index is 0.157. The number of nitrogens with one attached hydrogen (secondary N) is 2. The zero-order chi connectivity index (χ0) is 14.5. The first kappa shape index (κ1) is 14.0. The maximum atomic E-state index is 13.3. The van der Waals surface area contributed by atoms with Gasteiger partial charge in [0.25, 0.3) is 5.91 Å². The lowest BCUT2D eigenvalue weighted by atomic mass is 10.2. The Morgan fingerprint density at radius 2 is 2.30 bits per heavy atom. The number of aromatic nitrogens is 3. The van der Waals surface area contributed by atoms with E-state index in [1.807, 2.05) is 6.92 Å². The SMILES string of the molecule is CCCNc1ncc(F)cc1C(=O)Nc1ccn(C)n1. The van der Waals surface area contributed by atoms with Crippen LogP contribution in [-0.2, 0) is 7.05 Å². The summed E-state index contributed by atoms with van der Waals surface area (Å²) >= 11 is 0. The Kier molecular flexibility index (Phi) is 4.29. The summed E-state index contributed by atoms with van der Waals surface area (Å²) in [5.41, 5.74) is 0.157. The molecule has 2 aromatic heterocycles. The minimum atomic E-state index is -0.557. The fraction of sp³-hybridized carbons (Fsp3) is 0.308. The summed E-state index contributed by atoms with van der Waals surface area (Å²) in [7, 11) is 1.74. The van der Waals surface area contributed by atoms with Gasteiger partial charge in [0, 0.05) is 25.9 Å². The Labute approximate surface area is 116 Å². The number of aryl methyl sites for hydroxylation is 1. The van der Waals surface area contributed by atoms with Gasteiger partial charge in [-0.2, -0.15) is 5.10 Å². The van der Waals surface area contributed by atoms with Gasteiger partial charge in [0.1, 0.15) is 11.6 Å². The van der Waals surface area contributed by atoms with E-state index in [4.69, 9.17) is 0 Å². The van der Waals surface area contributed by atoms with Gasteiger partial charge >= 0.3 is 0 Å². The van der Waals surface area contributed by atoms with Gasteiger partial charge in [-0.3, -0.25) is 9.48 Å². The lowest BCUT2D eigenvalue weighted by Gasteiger charge is -2.09. The molecule has 0 saturated carbocycles. The summed E-state index contributed by atoms with van der Waals surface area (Å²) in [6.45, 7) is 2.65. The first-order chi connectivity index (χ1) is 9.60. The van der Waals surface area contributed by atoms with Crippen molar-refractivity contribution in [2.75, 3.05) is 17.2 Å². The van der Waals surface area contributed by atoms with Crippen molar-refractivity contribution < 1.29 is 9.18 Å². The molecule has 6 nitrogen and oxygen atoms in total. The van der Waals surface area contributed by atoms with Crippen LogP contribution in [0.3, 0.4) is 0 Å². The second-order valence-electron chi connectivity index (χ2n) is 4.31. The van der Waals surface area contributed by atoms with Gasteiger partial charge in [-0.15, -0.1) is 0 Å². The molecule has 0 unspecified atom stereocenters. The van der Waals surface area contributed by atoms with Crippen LogP contribution in [0.4, 0.5) is 16.0 Å². The molecular formula is C13H16FN5O. The zero-order valence-corrected chi connectivity index (χ0v) is 11.4. The quantitative estimate of drug-likeness (QED) is 0.877. The predicted molar refractivity (Wildman–Crippen MR) is 74.1 cm³/mol. The summed E-state index contributed by atoms with van der Waals surface area (Å²) < 4.78 is 14.8. The first-order valence-electron chi connectivity index (χ1n) is 6.30. The van der Waals surface area contributed by atoms with Gasteiger partial charge in [0.15, 0.2) is 5.82 Å². The maximum Gasteiger partial charge on any atom is 0.260 e. The van der Waals surface area contributed by atoms with E-state index in [0.717, 1.165) is 18.7 Å². The molecule has 0 aliphatic rings. The van der Waals surface area contributed by atoms with E-state index >= 15 is 0 Å². The Bertz CT molecular complexity index is 611. The third kappa shape index (κ3) is 3.31. The number of carbonyl (C=O) groups excluding carboxylic acids is 1. The van der Waals surface area contributed by atoms with E-state index in [2.05, 4.69) is 20.7 Å². The van der Waals surface area contributed by atoms with Gasteiger partial charge in [0.2, 0.25) is 0 Å². The summed E-state index contributed by atoms with van der Waals surface area (Å²) in [6.07, 6.45) is 3.66. The minimum Gasteiger partial charge on any atom is -0.369 e. The highest BCUT2D eigenvalue weighted by molar-refractivity contribution is 6.07. The summed E-state index contributed by atoms with van der Waals surface area (Å²) in [6, 6.07) is 2.81. The molecule has 0 aromatic carbocycles. The molecule has 0 bridgehead atoms. The molecule has 0 saturated heterocycles. The molecule has 1 amide bonds. The van der Waals surface area contributed by atoms with Crippen molar-refractivity contribution in [2.24, 2.45) is 7.05 Å². The Balaban J connectivity index is 2.21. The van der Waals surface area contributed by atoms with Gasteiger partial charge in [-0.25, -0.2) is 9.37 Å². The monoisotopic (exact) mass is 277 g/mol. The van der Waals surface area contributed by atoms with Gasteiger partial charge in [-0.1, -0.05) is 6.92 Å². The highest BCUT2D eigenvalue weighted by Gasteiger charge is 2.15. The van der Waals surface area contributed by atoms with Crippen LogP contribution in [0.1, 0.15) is 23.7 Å². The predicted octanol–water partition coefficient (Wildman–Crippen LogP) is 2.03. The van der Waals surface area contributed by atoms with Crippen LogP contribution in [0.25, 0.3) is 0 Å². The molecule has 0 fully saturated rings. The maximum absolute atomic E-state index is 13.3. The third-order valence-corrected chi connectivity index (χ3v) is 2.60. The second kappa shape index (κ2) is 6.14. The van der Waals surface area contributed by atoms with E-state index < -0.39 is 11.7 Å². The number of hydrogen-bond donors (Lipinski definition) is 2. The number of rotatable bonds is 5. The van der Waals surface area contributed by atoms with Crippen LogP contribution in [0, 0.1) is 5.82 Å². The van der Waals surface area contributed by atoms with E-state index in [9.17, 15) is 9.18 Å². The Hall–Kier alpha value is -2.44. The fourth-order valence-corrected chi connectivity index (χ4v) is 1.66. The second-order valence-corrected chi connectivity index (χ2v) is 4.31. The molecule has 0 atom stereocenters. The average Bonchev–Trinajstić information content (AvgIpc) is 2.82. The highest BCUT2D eigenvalue weighted by Crippen LogP contribution is 2.15. The molecule has 0 aliphatic heterocycles. The van der Waals surface area contributed by atoms with Crippen molar-refractivity contribution in [2.45, 2.75) is 13.3 Å². The van der Waals surface area contributed by atoms with E-state index in [1.165, 1.54) is 0 Å². The molecule has 0 aliphatic carbocycles. The number of amides is 1. The molecule has 0 radical (unpaired) electrons. The van der Waals surface area contributed by atoms with Crippen molar-refractivity contribution in [3.05, 3.63) is 35.9 Å². The van der Waals surface area contributed by atoms with Crippen molar-refractivity contribution in [1.82, 2.24) is 14.8 Å². The van der Waals surface area contributed by atoms with Crippen LogP contribution in [0.5, 0.6) is 0 Å². The zero-order valence-electron chi connectivity index (χ0n) is 11.4. The Morgan fingerprint density at radius 1 is 1.50 bits per heavy atom. The number of halogens is 1. The van der Waals surface area contributed by atoms with Crippen LogP contribution >= 0.6 is 0 Å². The molecule has 2 aromatic rings. The molecule has 7 heteroatoms.